The number of hydrogen-bond donors (Lipinski definition) is 0. The summed E-state index contributed by atoms with van der Waals surface area (Å²) in [6.07, 6.45) is 0. The van der Waals surface area contributed by atoms with Crippen molar-refractivity contribution < 1.29 is 0 Å². The summed E-state index contributed by atoms with van der Waals surface area (Å²) in [5, 5.41) is 4.56. The van der Waals surface area contributed by atoms with Gasteiger partial charge in [-0.1, -0.05) is 0 Å². The van der Waals surface area contributed by atoms with E-state index in [2.05, 4.69) is 50.0 Å². The normalized spacial score (nSPS) is 9.00. The standard InChI is InChI=1S/C6H15Ge.C2H5Te/c1-4-7(5-2)6-3;1-2-3/h4-6H2,1-3H3;2H2,1H3. The summed E-state index contributed by atoms with van der Waals surface area (Å²) in [7, 11) is 0. The van der Waals surface area contributed by atoms with Crippen molar-refractivity contribution in [3.63, 3.8) is 0 Å². The molecule has 0 fully saturated rings. The summed E-state index contributed by atoms with van der Waals surface area (Å²) < 4.78 is 1.26. The molecule has 0 aliphatic carbocycles. The Morgan fingerprint density at radius 2 is 1.10 bits per heavy atom. The second kappa shape index (κ2) is 13.0. The predicted octanol–water partition coefficient (Wildman–Crippen LogP) is 3.13. The summed E-state index contributed by atoms with van der Waals surface area (Å²) in [4.78, 5) is 0. The fourth-order valence-corrected chi connectivity index (χ4v) is 3.90. The first-order valence-electron chi connectivity index (χ1n) is 4.18. The number of hydrogen-bond acceptors (Lipinski definition) is 0. The van der Waals surface area contributed by atoms with Gasteiger partial charge in [-0.25, -0.2) is 0 Å². The minimum absolute atomic E-state index is 0.403. The molecule has 0 atom stereocenters. The molecule has 0 N–H and O–H groups in total. The molecule has 0 nitrogen and oxygen atoms in total. The fourth-order valence-electron chi connectivity index (χ4n) is 0.750. The van der Waals surface area contributed by atoms with E-state index in [1.807, 2.05) is 0 Å². The summed E-state index contributed by atoms with van der Waals surface area (Å²) in [6, 6.07) is 0. The molecule has 0 saturated heterocycles. The van der Waals surface area contributed by atoms with Crippen molar-refractivity contribution in [3.8, 4) is 0 Å². The van der Waals surface area contributed by atoms with Crippen LogP contribution in [0.15, 0.2) is 0 Å². The molecule has 2 heteroatoms. The van der Waals surface area contributed by atoms with E-state index in [0.717, 1.165) is 0 Å². The molecular weight excluding hydrogens is 296 g/mol. The van der Waals surface area contributed by atoms with Gasteiger partial charge in [0.25, 0.3) is 0 Å². The first kappa shape index (κ1) is 13.9. The minimum atomic E-state index is -0.403. The molecule has 10 heavy (non-hydrogen) atoms. The van der Waals surface area contributed by atoms with Gasteiger partial charge in [0.15, 0.2) is 0 Å². The van der Waals surface area contributed by atoms with E-state index in [4.69, 9.17) is 0 Å². The predicted molar refractivity (Wildman–Crippen MR) is 53.4 cm³/mol. The van der Waals surface area contributed by atoms with Crippen molar-refractivity contribution in [1.82, 2.24) is 0 Å². The van der Waals surface area contributed by atoms with E-state index in [9.17, 15) is 0 Å². The van der Waals surface area contributed by atoms with Crippen molar-refractivity contribution in [2.24, 2.45) is 0 Å². The molecule has 0 unspecified atom stereocenters. The van der Waals surface area contributed by atoms with Crippen LogP contribution in [0.2, 0.25) is 20.2 Å². The SMILES string of the molecule is CC[Te].C[CH2][Ge]([CH2]C)[CH2]C. The van der Waals surface area contributed by atoms with Gasteiger partial charge in [0.1, 0.15) is 0 Å². The van der Waals surface area contributed by atoms with Crippen LogP contribution in [0.3, 0.4) is 0 Å². The molecule has 0 aromatic rings. The second-order valence-electron chi connectivity index (χ2n) is 2.10. The maximum absolute atomic E-state index is 2.34. The van der Waals surface area contributed by atoms with Crippen molar-refractivity contribution in [1.29, 1.82) is 0 Å². The van der Waals surface area contributed by atoms with Gasteiger partial charge < -0.3 is 0 Å². The quantitative estimate of drug-likeness (QED) is 0.702. The van der Waals surface area contributed by atoms with Crippen LogP contribution in [0.1, 0.15) is 27.7 Å². The summed E-state index contributed by atoms with van der Waals surface area (Å²) in [6.45, 7) is 9.14. The molecule has 0 bridgehead atoms. The van der Waals surface area contributed by atoms with Gasteiger partial charge in [-0.05, 0) is 0 Å². The molecule has 0 aliphatic heterocycles. The Hall–Kier alpha value is 1.33. The molecule has 0 aliphatic rings. The van der Waals surface area contributed by atoms with Crippen LogP contribution in [0.5, 0.6) is 0 Å². The van der Waals surface area contributed by atoms with Gasteiger partial charge in [0.2, 0.25) is 0 Å². The third kappa shape index (κ3) is 12.1. The molecule has 0 spiro atoms. The van der Waals surface area contributed by atoms with Crippen molar-refractivity contribution in [3.05, 3.63) is 0 Å². The van der Waals surface area contributed by atoms with Crippen molar-refractivity contribution >= 4 is 36.6 Å². The Morgan fingerprint density at radius 3 is 1.10 bits per heavy atom. The first-order valence-corrected chi connectivity index (χ1v) is 10.3. The van der Waals surface area contributed by atoms with Crippen LogP contribution < -0.4 is 0 Å². The number of rotatable bonds is 3. The van der Waals surface area contributed by atoms with E-state index >= 15 is 0 Å². The average molecular weight is 316 g/mol. The molecule has 0 amide bonds. The zero-order valence-corrected chi connectivity index (χ0v) is 12.2. The summed E-state index contributed by atoms with van der Waals surface area (Å²) in [5.41, 5.74) is 0. The zero-order chi connectivity index (χ0) is 8.41. The van der Waals surface area contributed by atoms with Gasteiger partial charge >= 0.3 is 84.6 Å². The van der Waals surface area contributed by atoms with E-state index < -0.39 is 14.3 Å². The fraction of sp³-hybridized carbons (Fsp3) is 1.00. The van der Waals surface area contributed by atoms with E-state index in [1.54, 1.807) is 0 Å². The third-order valence-corrected chi connectivity index (χ3v) is 7.79. The van der Waals surface area contributed by atoms with Crippen molar-refractivity contribution in [2.45, 2.75) is 47.9 Å². The van der Waals surface area contributed by atoms with E-state index in [0.29, 0.717) is 0 Å². The average Bonchev–Trinajstić information content (AvgIpc) is 1.93. The second-order valence-corrected chi connectivity index (χ2v) is 11.3. The molecule has 2 radical (unpaired) electrons. The molecule has 0 rings (SSSR count). The van der Waals surface area contributed by atoms with Gasteiger partial charge in [0, 0.05) is 0 Å². The molecule has 0 aromatic heterocycles. The van der Waals surface area contributed by atoms with Gasteiger partial charge in [-0.15, -0.1) is 0 Å². The third-order valence-electron chi connectivity index (χ3n) is 1.50. The Balaban J connectivity index is 0. The maximum atomic E-state index is 2.34. The Kier molecular flexibility index (Phi) is 18.0. The summed E-state index contributed by atoms with van der Waals surface area (Å²) in [5.74, 6) is 0. The Labute approximate surface area is 84.2 Å². The molecule has 62 valence electrons. The Bertz CT molecular complexity index is 39.0. The molecular formula is C8H20GeTe. The van der Waals surface area contributed by atoms with Crippen molar-refractivity contribution in [2.75, 3.05) is 0 Å². The molecule has 0 saturated carbocycles. The monoisotopic (exact) mass is 320 g/mol. The van der Waals surface area contributed by atoms with Gasteiger partial charge in [0.05, 0.1) is 0 Å². The van der Waals surface area contributed by atoms with Crippen LogP contribution in [0.25, 0.3) is 0 Å². The first-order chi connectivity index (χ1) is 4.76. The van der Waals surface area contributed by atoms with E-state index in [1.165, 1.54) is 20.2 Å². The molecule has 0 heterocycles. The topological polar surface area (TPSA) is 0 Å². The van der Waals surface area contributed by atoms with Gasteiger partial charge in [-0.3, -0.25) is 0 Å². The molecule has 0 aromatic carbocycles. The van der Waals surface area contributed by atoms with E-state index in [-0.39, 0.29) is 0 Å². The van der Waals surface area contributed by atoms with Crippen LogP contribution in [-0.2, 0) is 0 Å². The van der Waals surface area contributed by atoms with Crippen LogP contribution >= 0.6 is 0 Å². The van der Waals surface area contributed by atoms with Crippen LogP contribution in [-0.4, -0.2) is 36.6 Å². The van der Waals surface area contributed by atoms with Crippen LogP contribution in [0, 0.1) is 0 Å². The Morgan fingerprint density at radius 1 is 0.900 bits per heavy atom. The zero-order valence-electron chi connectivity index (χ0n) is 7.74. The summed E-state index contributed by atoms with van der Waals surface area (Å²) >= 11 is 1.67. The van der Waals surface area contributed by atoms with Crippen LogP contribution in [0.4, 0.5) is 0 Å². The van der Waals surface area contributed by atoms with Gasteiger partial charge in [-0.2, -0.15) is 0 Å².